The maximum Gasteiger partial charge on any atom is 0.407 e. The van der Waals surface area contributed by atoms with Crippen LogP contribution in [0.15, 0.2) is 84.9 Å². The van der Waals surface area contributed by atoms with Gasteiger partial charge in [0, 0.05) is 12.2 Å². The van der Waals surface area contributed by atoms with Crippen molar-refractivity contribution in [2.75, 3.05) is 25.1 Å². The van der Waals surface area contributed by atoms with E-state index in [9.17, 15) is 19.2 Å². The summed E-state index contributed by atoms with van der Waals surface area (Å²) in [4.78, 5) is 52.8. The number of nitrogens with one attached hydrogen (secondary N) is 2. The zero-order valence-corrected chi connectivity index (χ0v) is 26.1. The molecule has 0 saturated heterocycles. The number of nitrogens with zero attached hydrogens (tertiary/aromatic N) is 1. The highest BCUT2D eigenvalue weighted by Gasteiger charge is 2.34. The molecule has 1 aliphatic rings. The average molecular weight is 638 g/mol. The number of rotatable bonds is 14. The molecule has 3 aromatic carbocycles. The smallest absolute Gasteiger partial charge is 0.407 e. The molecule has 1 aliphatic heterocycles. The summed E-state index contributed by atoms with van der Waals surface area (Å²) in [5, 5.41) is 5.92. The Morgan fingerprint density at radius 2 is 1.49 bits per heavy atom. The van der Waals surface area contributed by atoms with Gasteiger partial charge in [-0.15, -0.1) is 12.4 Å². The number of esters is 2. The molecule has 45 heavy (non-hydrogen) atoms. The van der Waals surface area contributed by atoms with Crippen LogP contribution in [0.4, 0.5) is 10.5 Å². The Morgan fingerprint density at radius 3 is 2.16 bits per heavy atom. The van der Waals surface area contributed by atoms with Crippen molar-refractivity contribution in [2.45, 2.75) is 57.4 Å². The molecule has 0 radical (unpaired) electrons. The largest absolute Gasteiger partial charge is 0.468 e. The van der Waals surface area contributed by atoms with E-state index in [0.29, 0.717) is 44.3 Å². The lowest BCUT2D eigenvalue weighted by atomic mass is 10.0. The third-order valence-corrected chi connectivity index (χ3v) is 7.37. The third kappa shape index (κ3) is 10.9. The van der Waals surface area contributed by atoms with Gasteiger partial charge in [-0.3, -0.25) is 24.6 Å². The highest BCUT2D eigenvalue weighted by molar-refractivity contribution is 6.02. The van der Waals surface area contributed by atoms with Crippen LogP contribution in [0.5, 0.6) is 0 Å². The van der Waals surface area contributed by atoms with Gasteiger partial charge in [0.05, 0.1) is 13.2 Å². The molecule has 2 atom stereocenters. The van der Waals surface area contributed by atoms with Crippen LogP contribution in [0.25, 0.3) is 0 Å². The lowest BCUT2D eigenvalue weighted by molar-refractivity contribution is -0.145. The summed E-state index contributed by atoms with van der Waals surface area (Å²) in [7, 11) is 1.31. The lowest BCUT2D eigenvalue weighted by Crippen LogP contribution is -2.53. The molecule has 0 fully saturated rings. The van der Waals surface area contributed by atoms with Crippen molar-refractivity contribution < 1.29 is 33.4 Å². The summed E-state index contributed by atoms with van der Waals surface area (Å²) in [5.74, 6) is -1.33. The van der Waals surface area contributed by atoms with Gasteiger partial charge < -0.3 is 19.5 Å². The number of carbonyl (C=O) groups is 4. The van der Waals surface area contributed by atoms with Gasteiger partial charge in [0.2, 0.25) is 5.91 Å². The monoisotopic (exact) mass is 637 g/mol. The number of unbranched alkanes of at least 4 members (excludes halogenated alkanes) is 1. The van der Waals surface area contributed by atoms with E-state index >= 15 is 0 Å². The number of hydrogen-bond donors (Lipinski definition) is 2. The first kappa shape index (κ1) is 35.1. The van der Waals surface area contributed by atoms with E-state index in [2.05, 4.69) is 10.6 Å². The van der Waals surface area contributed by atoms with Crippen molar-refractivity contribution in [3.05, 3.63) is 102 Å². The molecular weight excluding hydrogens is 598 g/mol. The number of para-hydroxylation sites is 1. The van der Waals surface area contributed by atoms with Crippen molar-refractivity contribution in [2.24, 2.45) is 0 Å². The molecule has 11 heteroatoms. The van der Waals surface area contributed by atoms with E-state index in [4.69, 9.17) is 14.2 Å². The van der Waals surface area contributed by atoms with Crippen molar-refractivity contribution in [1.29, 1.82) is 0 Å². The fraction of sp³-hybridized carbons (Fsp3) is 0.353. The summed E-state index contributed by atoms with van der Waals surface area (Å²) in [6.45, 7) is 0.408. The Morgan fingerprint density at radius 1 is 0.867 bits per heavy atom. The summed E-state index contributed by atoms with van der Waals surface area (Å²) < 4.78 is 15.7. The van der Waals surface area contributed by atoms with E-state index < -0.39 is 30.1 Å². The van der Waals surface area contributed by atoms with Crippen molar-refractivity contribution in [3.63, 3.8) is 0 Å². The van der Waals surface area contributed by atoms with Crippen LogP contribution in [-0.2, 0) is 48.2 Å². The number of hydrogen-bond acceptors (Lipinski definition) is 8. The van der Waals surface area contributed by atoms with Gasteiger partial charge in [0.25, 0.3) is 0 Å². The Bertz CT molecular complexity index is 1390. The summed E-state index contributed by atoms with van der Waals surface area (Å²) in [5.41, 5.74) is 3.33. The second kappa shape index (κ2) is 18.4. The molecule has 2 amide bonds. The first-order valence-corrected chi connectivity index (χ1v) is 14.8. The van der Waals surface area contributed by atoms with E-state index in [1.165, 1.54) is 12.0 Å². The Hall–Kier alpha value is -4.41. The van der Waals surface area contributed by atoms with Crippen LogP contribution in [0, 0.1) is 0 Å². The molecule has 240 valence electrons. The topological polar surface area (TPSA) is 123 Å². The van der Waals surface area contributed by atoms with Gasteiger partial charge in [-0.2, -0.15) is 0 Å². The van der Waals surface area contributed by atoms with Gasteiger partial charge in [0.15, 0.2) is 0 Å². The Labute approximate surface area is 269 Å². The molecule has 0 unspecified atom stereocenters. The fourth-order valence-corrected chi connectivity index (χ4v) is 5.04. The maximum absolute atomic E-state index is 13.8. The second-order valence-electron chi connectivity index (χ2n) is 10.5. The molecule has 0 aromatic heterocycles. The number of amides is 2. The number of benzene rings is 3. The number of carbonyl (C=O) groups excluding carboxylic acids is 4. The van der Waals surface area contributed by atoms with Gasteiger partial charge in [-0.1, -0.05) is 78.9 Å². The Balaban J connectivity index is 0.00000552. The van der Waals surface area contributed by atoms with Crippen molar-refractivity contribution in [3.8, 4) is 0 Å². The van der Waals surface area contributed by atoms with Gasteiger partial charge in [0.1, 0.15) is 25.8 Å². The van der Waals surface area contributed by atoms with Crippen molar-refractivity contribution in [1.82, 2.24) is 10.6 Å². The number of anilines is 1. The van der Waals surface area contributed by atoms with Gasteiger partial charge in [-0.25, -0.2) is 4.79 Å². The molecular formula is C34H40ClN3O7. The van der Waals surface area contributed by atoms with Crippen molar-refractivity contribution >= 4 is 42.0 Å². The van der Waals surface area contributed by atoms with E-state index in [1.54, 1.807) is 0 Å². The van der Waals surface area contributed by atoms with E-state index in [1.807, 2.05) is 84.9 Å². The zero-order valence-electron chi connectivity index (χ0n) is 25.3. The van der Waals surface area contributed by atoms with Crippen LogP contribution >= 0.6 is 12.4 Å². The number of ether oxygens (including phenoxy) is 3. The minimum absolute atomic E-state index is 0. The fourth-order valence-electron chi connectivity index (χ4n) is 5.04. The summed E-state index contributed by atoms with van der Waals surface area (Å²) in [6.07, 6.45) is 2.08. The second-order valence-corrected chi connectivity index (χ2v) is 10.5. The highest BCUT2D eigenvalue weighted by Crippen LogP contribution is 2.27. The number of aryl methyl sites for hydroxylation is 1. The van der Waals surface area contributed by atoms with E-state index in [0.717, 1.165) is 16.7 Å². The average Bonchev–Trinajstić information content (AvgIpc) is 3.18. The summed E-state index contributed by atoms with van der Waals surface area (Å²) >= 11 is 0. The quantitative estimate of drug-likeness (QED) is 0.148. The van der Waals surface area contributed by atoms with Crippen LogP contribution in [0.3, 0.4) is 0 Å². The first-order valence-electron chi connectivity index (χ1n) is 14.8. The molecule has 0 saturated carbocycles. The van der Waals surface area contributed by atoms with Crippen LogP contribution < -0.4 is 15.5 Å². The molecule has 0 spiro atoms. The minimum atomic E-state index is -0.743. The molecule has 3 aromatic rings. The highest BCUT2D eigenvalue weighted by atomic mass is 35.5. The van der Waals surface area contributed by atoms with Gasteiger partial charge in [-0.05, 0) is 54.9 Å². The Kier molecular flexibility index (Phi) is 14.3. The predicted octanol–water partition coefficient (Wildman–Crippen LogP) is 4.73. The molecule has 4 rings (SSSR count). The van der Waals surface area contributed by atoms with Crippen LogP contribution in [0.2, 0.25) is 0 Å². The molecule has 0 bridgehead atoms. The van der Waals surface area contributed by atoms with Crippen LogP contribution in [-0.4, -0.2) is 56.2 Å². The number of halogens is 1. The molecule has 10 nitrogen and oxygen atoms in total. The normalized spacial score (nSPS) is 14.6. The lowest BCUT2D eigenvalue weighted by Gasteiger charge is -2.27. The van der Waals surface area contributed by atoms with Gasteiger partial charge >= 0.3 is 18.0 Å². The first-order chi connectivity index (χ1) is 21.4. The summed E-state index contributed by atoms with van der Waals surface area (Å²) in [6, 6.07) is 24.7. The standard InChI is InChI=1S/C34H39N3O7.ClH/c1-42-33(40)29(17-10-11-21-35-34(41)44-24-26-14-6-3-7-15-26)36-28-20-19-27-16-8-9-18-30(27)37(32(28)39)22-31(38)43-23-25-12-4-2-5-13-25;/h2-9,12-16,18,28-29,36H,10-11,17,19-24H2,1H3,(H,35,41);1H/t28-,29-;/m0./s1. The zero-order chi connectivity index (χ0) is 31.1. The number of fused-ring (bicyclic) bond motifs is 1. The number of methoxy groups -OCH3 is 1. The predicted molar refractivity (Wildman–Crippen MR) is 172 cm³/mol. The maximum atomic E-state index is 13.8. The van der Waals surface area contributed by atoms with E-state index in [-0.39, 0.29) is 38.1 Å². The molecule has 0 aliphatic carbocycles. The third-order valence-electron chi connectivity index (χ3n) is 7.37. The molecule has 1 heterocycles. The SMILES string of the molecule is COC(=O)[C@H](CCCCNC(=O)OCc1ccccc1)N[C@H]1CCc2ccccc2N(CC(=O)OCc2ccccc2)C1=O.Cl. The molecule has 2 N–H and O–H groups in total. The minimum Gasteiger partial charge on any atom is -0.468 e. The van der Waals surface area contributed by atoms with Crippen LogP contribution in [0.1, 0.15) is 42.4 Å². The number of alkyl carbamates (subject to hydrolysis) is 1.